The molecule has 2 heterocycles. The molecule has 0 aromatic heterocycles. The van der Waals surface area contributed by atoms with Gasteiger partial charge in [-0.3, -0.25) is 9.59 Å². The van der Waals surface area contributed by atoms with Gasteiger partial charge in [0.1, 0.15) is 5.75 Å². The number of hydrogen-bond donors (Lipinski definition) is 1. The molecule has 1 N–H and O–H groups in total. The second-order valence-corrected chi connectivity index (χ2v) is 7.18. The lowest BCUT2D eigenvalue weighted by Crippen LogP contribution is -2.45. The smallest absolute Gasteiger partial charge is 0.227 e. The van der Waals surface area contributed by atoms with Crippen LogP contribution in [0.15, 0.2) is 18.2 Å². The molecule has 26 heavy (non-hydrogen) atoms. The van der Waals surface area contributed by atoms with E-state index >= 15 is 0 Å². The number of likely N-dealkylation sites (tertiary alicyclic amines) is 1. The number of carbonyl (C=O) groups excluding carboxylic acids is 2. The van der Waals surface area contributed by atoms with Gasteiger partial charge in [0.2, 0.25) is 11.8 Å². The van der Waals surface area contributed by atoms with Crippen LogP contribution >= 0.6 is 0 Å². The van der Waals surface area contributed by atoms with Crippen molar-refractivity contribution in [2.24, 2.45) is 11.8 Å². The molecule has 2 amide bonds. The third-order valence-electron chi connectivity index (χ3n) is 5.36. The minimum absolute atomic E-state index is 0.00654. The number of methoxy groups -OCH3 is 1. The van der Waals surface area contributed by atoms with Gasteiger partial charge < -0.3 is 19.7 Å². The number of hydrogen-bond acceptors (Lipinski definition) is 4. The lowest BCUT2D eigenvalue weighted by atomic mass is 9.93. The number of ether oxygens (including phenoxy) is 2. The summed E-state index contributed by atoms with van der Waals surface area (Å²) >= 11 is 0. The fourth-order valence-corrected chi connectivity index (χ4v) is 3.72. The van der Waals surface area contributed by atoms with Crippen LogP contribution in [0, 0.1) is 18.8 Å². The largest absolute Gasteiger partial charge is 0.495 e. The third kappa shape index (κ3) is 4.36. The molecular weight excluding hydrogens is 332 g/mol. The van der Waals surface area contributed by atoms with Gasteiger partial charge in [0.05, 0.1) is 12.8 Å². The summed E-state index contributed by atoms with van der Waals surface area (Å²) in [4.78, 5) is 27.2. The Balaban J connectivity index is 1.53. The monoisotopic (exact) mass is 360 g/mol. The van der Waals surface area contributed by atoms with Crippen LogP contribution in [0.3, 0.4) is 0 Å². The molecule has 142 valence electrons. The van der Waals surface area contributed by atoms with Crippen molar-refractivity contribution in [2.45, 2.75) is 32.6 Å². The van der Waals surface area contributed by atoms with E-state index in [2.05, 4.69) is 5.32 Å². The summed E-state index contributed by atoms with van der Waals surface area (Å²) in [6.45, 7) is 4.63. The van der Waals surface area contributed by atoms with Crippen molar-refractivity contribution < 1.29 is 19.1 Å². The number of nitrogens with zero attached hydrogens (tertiary/aromatic N) is 1. The molecule has 1 aromatic rings. The molecule has 0 unspecified atom stereocenters. The molecule has 0 atom stereocenters. The van der Waals surface area contributed by atoms with Gasteiger partial charge in [0.25, 0.3) is 0 Å². The average Bonchev–Trinajstić information content (AvgIpc) is 2.68. The lowest BCUT2D eigenvalue weighted by Gasteiger charge is -2.34. The van der Waals surface area contributed by atoms with Gasteiger partial charge >= 0.3 is 0 Å². The van der Waals surface area contributed by atoms with E-state index in [0.29, 0.717) is 50.6 Å². The van der Waals surface area contributed by atoms with E-state index < -0.39 is 0 Å². The Hall–Kier alpha value is -2.08. The van der Waals surface area contributed by atoms with Gasteiger partial charge in [0.15, 0.2) is 0 Å². The highest BCUT2D eigenvalue weighted by Crippen LogP contribution is 2.28. The summed E-state index contributed by atoms with van der Waals surface area (Å²) in [5.74, 6) is 0.917. The fraction of sp³-hybridized carbons (Fsp3) is 0.600. The van der Waals surface area contributed by atoms with Crippen LogP contribution in [-0.4, -0.2) is 50.1 Å². The maximum atomic E-state index is 12.6. The standard InChI is InChI=1S/C20H28N2O4/c1-14-3-4-18(25-2)17(13-14)21-19(23)15-5-9-22(10-6-15)20(24)16-7-11-26-12-8-16/h3-4,13,15-16H,5-12H2,1-2H3,(H,21,23). The van der Waals surface area contributed by atoms with Crippen molar-refractivity contribution in [1.29, 1.82) is 0 Å². The van der Waals surface area contributed by atoms with Crippen LogP contribution in [0.2, 0.25) is 0 Å². The Kier molecular flexibility index (Phi) is 6.14. The summed E-state index contributed by atoms with van der Waals surface area (Å²) in [5.41, 5.74) is 1.77. The van der Waals surface area contributed by atoms with Crippen molar-refractivity contribution in [3.8, 4) is 5.75 Å². The van der Waals surface area contributed by atoms with E-state index in [1.165, 1.54) is 0 Å². The zero-order valence-corrected chi connectivity index (χ0v) is 15.6. The zero-order chi connectivity index (χ0) is 18.5. The Morgan fingerprint density at radius 2 is 1.81 bits per heavy atom. The summed E-state index contributed by atoms with van der Waals surface area (Å²) in [6.07, 6.45) is 3.03. The van der Waals surface area contributed by atoms with E-state index in [0.717, 1.165) is 18.4 Å². The molecular formula is C20H28N2O4. The summed E-state index contributed by atoms with van der Waals surface area (Å²) < 4.78 is 10.7. The Morgan fingerprint density at radius 3 is 2.46 bits per heavy atom. The van der Waals surface area contributed by atoms with E-state index in [-0.39, 0.29) is 23.7 Å². The highest BCUT2D eigenvalue weighted by atomic mass is 16.5. The van der Waals surface area contributed by atoms with Crippen LogP contribution in [-0.2, 0) is 14.3 Å². The lowest BCUT2D eigenvalue weighted by molar-refractivity contribution is -0.141. The molecule has 0 bridgehead atoms. The number of benzene rings is 1. The molecule has 2 fully saturated rings. The normalized spacial score (nSPS) is 19.2. The molecule has 0 radical (unpaired) electrons. The molecule has 0 spiro atoms. The van der Waals surface area contributed by atoms with Crippen molar-refractivity contribution in [1.82, 2.24) is 4.90 Å². The highest BCUT2D eigenvalue weighted by molar-refractivity contribution is 5.94. The van der Waals surface area contributed by atoms with Crippen LogP contribution in [0.5, 0.6) is 5.75 Å². The molecule has 0 aliphatic carbocycles. The summed E-state index contributed by atoms with van der Waals surface area (Å²) in [5, 5.41) is 3.00. The van der Waals surface area contributed by atoms with Crippen molar-refractivity contribution in [3.05, 3.63) is 23.8 Å². The van der Waals surface area contributed by atoms with Crippen LogP contribution in [0.25, 0.3) is 0 Å². The third-order valence-corrected chi connectivity index (χ3v) is 5.36. The average molecular weight is 360 g/mol. The zero-order valence-electron chi connectivity index (χ0n) is 15.6. The second kappa shape index (κ2) is 8.54. The maximum Gasteiger partial charge on any atom is 0.227 e. The van der Waals surface area contributed by atoms with Gasteiger partial charge in [-0.15, -0.1) is 0 Å². The van der Waals surface area contributed by atoms with E-state index in [4.69, 9.17) is 9.47 Å². The molecule has 1 aromatic carbocycles. The SMILES string of the molecule is COc1ccc(C)cc1NC(=O)C1CCN(C(=O)C2CCOCC2)CC1. The molecule has 2 aliphatic heterocycles. The van der Waals surface area contributed by atoms with Gasteiger partial charge in [-0.05, 0) is 50.3 Å². The van der Waals surface area contributed by atoms with Crippen LogP contribution < -0.4 is 10.1 Å². The number of aryl methyl sites for hydroxylation is 1. The maximum absolute atomic E-state index is 12.6. The quantitative estimate of drug-likeness (QED) is 0.896. The molecule has 2 saturated heterocycles. The Bertz CT molecular complexity index is 647. The number of nitrogens with one attached hydrogen (secondary N) is 1. The molecule has 6 nitrogen and oxygen atoms in total. The predicted octanol–water partition coefficient (Wildman–Crippen LogP) is 2.61. The molecule has 2 aliphatic rings. The molecule has 6 heteroatoms. The number of piperidine rings is 1. The van der Waals surface area contributed by atoms with Gasteiger partial charge in [-0.2, -0.15) is 0 Å². The van der Waals surface area contributed by atoms with Gasteiger partial charge in [0, 0.05) is 38.1 Å². The Labute approximate surface area is 154 Å². The first kappa shape index (κ1) is 18.7. The van der Waals surface area contributed by atoms with Gasteiger partial charge in [-0.25, -0.2) is 0 Å². The number of carbonyl (C=O) groups is 2. The van der Waals surface area contributed by atoms with Crippen LogP contribution in [0.4, 0.5) is 5.69 Å². The number of rotatable bonds is 4. The predicted molar refractivity (Wildman–Crippen MR) is 99.2 cm³/mol. The van der Waals surface area contributed by atoms with E-state index in [9.17, 15) is 9.59 Å². The van der Waals surface area contributed by atoms with Crippen LogP contribution in [0.1, 0.15) is 31.2 Å². The first-order valence-electron chi connectivity index (χ1n) is 9.40. The van der Waals surface area contributed by atoms with E-state index in [1.807, 2.05) is 30.0 Å². The summed E-state index contributed by atoms with van der Waals surface area (Å²) in [7, 11) is 1.60. The van der Waals surface area contributed by atoms with Crippen molar-refractivity contribution >= 4 is 17.5 Å². The Morgan fingerprint density at radius 1 is 1.12 bits per heavy atom. The van der Waals surface area contributed by atoms with Crippen molar-refractivity contribution in [2.75, 3.05) is 38.7 Å². The minimum Gasteiger partial charge on any atom is -0.495 e. The van der Waals surface area contributed by atoms with E-state index in [1.54, 1.807) is 7.11 Å². The number of amides is 2. The molecule has 3 rings (SSSR count). The van der Waals surface area contributed by atoms with Crippen molar-refractivity contribution in [3.63, 3.8) is 0 Å². The topological polar surface area (TPSA) is 67.9 Å². The minimum atomic E-state index is -0.0704. The first-order valence-corrected chi connectivity index (χ1v) is 9.40. The highest BCUT2D eigenvalue weighted by Gasteiger charge is 2.31. The second-order valence-electron chi connectivity index (χ2n) is 7.18. The summed E-state index contributed by atoms with van der Waals surface area (Å²) in [6, 6.07) is 5.73. The first-order chi connectivity index (χ1) is 12.6. The number of anilines is 1. The fourth-order valence-electron chi connectivity index (χ4n) is 3.72. The van der Waals surface area contributed by atoms with Gasteiger partial charge in [-0.1, -0.05) is 6.07 Å². The molecule has 0 saturated carbocycles.